The summed E-state index contributed by atoms with van der Waals surface area (Å²) in [5.74, 6) is -0.450. The molecule has 1 aromatic carbocycles. The highest BCUT2D eigenvalue weighted by Gasteiger charge is 2.12. The summed E-state index contributed by atoms with van der Waals surface area (Å²) in [6, 6.07) is 5.16. The van der Waals surface area contributed by atoms with E-state index in [-0.39, 0.29) is 5.56 Å². The number of hydrogen-bond acceptors (Lipinski definition) is 2. The third-order valence-electron chi connectivity index (χ3n) is 2.74. The van der Waals surface area contributed by atoms with Crippen LogP contribution in [-0.2, 0) is 0 Å². The quantitative estimate of drug-likeness (QED) is 0.562. The van der Waals surface area contributed by atoms with Gasteiger partial charge in [0.05, 0.1) is 6.61 Å². The maximum atomic E-state index is 11.1. The lowest BCUT2D eigenvalue weighted by Gasteiger charge is -2.11. The van der Waals surface area contributed by atoms with Crippen molar-refractivity contribution in [2.45, 2.75) is 32.6 Å². The maximum Gasteiger partial charge on any atom is 0.339 e. The summed E-state index contributed by atoms with van der Waals surface area (Å²) < 4.78 is 5.60. The van der Waals surface area contributed by atoms with Crippen molar-refractivity contribution < 1.29 is 14.6 Å². The number of hydrogen-bond donors (Lipinski definition) is 1. The Morgan fingerprint density at radius 2 is 2.17 bits per heavy atom. The van der Waals surface area contributed by atoms with E-state index >= 15 is 0 Å². The van der Waals surface area contributed by atoms with Crippen molar-refractivity contribution in [2.24, 2.45) is 0 Å². The van der Waals surface area contributed by atoms with Gasteiger partial charge < -0.3 is 9.84 Å². The molecule has 0 fully saturated rings. The van der Waals surface area contributed by atoms with Crippen LogP contribution < -0.4 is 4.74 Å². The number of carboxylic acids is 1. The molecule has 1 aromatic rings. The Morgan fingerprint density at radius 3 is 2.83 bits per heavy atom. The standard InChI is InChI=1S/C15H20O3/c1-3-4-5-6-7-11-18-14-12(2)9-8-10-13(14)15(16)17/h3,8-10H,1,4-7,11H2,2H3,(H,16,17). The van der Waals surface area contributed by atoms with E-state index in [1.165, 1.54) is 0 Å². The van der Waals surface area contributed by atoms with E-state index in [1.807, 2.05) is 19.1 Å². The third kappa shape index (κ3) is 4.24. The average Bonchev–Trinajstić information content (AvgIpc) is 2.34. The first-order valence-corrected chi connectivity index (χ1v) is 6.23. The zero-order valence-electron chi connectivity index (χ0n) is 10.8. The lowest BCUT2D eigenvalue weighted by molar-refractivity contribution is 0.0692. The molecular weight excluding hydrogens is 228 g/mol. The van der Waals surface area contributed by atoms with E-state index in [9.17, 15) is 4.79 Å². The highest BCUT2D eigenvalue weighted by Crippen LogP contribution is 2.23. The van der Waals surface area contributed by atoms with Crippen molar-refractivity contribution in [2.75, 3.05) is 6.61 Å². The van der Waals surface area contributed by atoms with Gasteiger partial charge in [-0.1, -0.05) is 18.2 Å². The van der Waals surface area contributed by atoms with E-state index in [4.69, 9.17) is 9.84 Å². The molecule has 0 unspecified atom stereocenters. The molecule has 1 N–H and O–H groups in total. The molecule has 0 heterocycles. The van der Waals surface area contributed by atoms with Crippen LogP contribution in [0.4, 0.5) is 0 Å². The molecule has 0 bridgehead atoms. The van der Waals surface area contributed by atoms with Gasteiger partial charge in [-0.3, -0.25) is 0 Å². The molecule has 0 spiro atoms. The van der Waals surface area contributed by atoms with Gasteiger partial charge in [-0.15, -0.1) is 6.58 Å². The Bertz CT molecular complexity index is 410. The first-order chi connectivity index (χ1) is 8.66. The molecule has 18 heavy (non-hydrogen) atoms. The molecule has 0 aliphatic heterocycles. The fraction of sp³-hybridized carbons (Fsp3) is 0.400. The predicted octanol–water partition coefficient (Wildman–Crippen LogP) is 3.82. The van der Waals surface area contributed by atoms with Crippen LogP contribution in [-0.4, -0.2) is 17.7 Å². The Kier molecular flexibility index (Phi) is 5.98. The summed E-state index contributed by atoms with van der Waals surface area (Å²) in [5.41, 5.74) is 1.10. The fourth-order valence-electron chi connectivity index (χ4n) is 1.75. The topological polar surface area (TPSA) is 46.5 Å². The monoisotopic (exact) mass is 248 g/mol. The van der Waals surface area contributed by atoms with Gasteiger partial charge >= 0.3 is 5.97 Å². The summed E-state index contributed by atoms with van der Waals surface area (Å²) in [6.45, 7) is 6.09. The van der Waals surface area contributed by atoms with Crippen LogP contribution in [0.1, 0.15) is 41.6 Å². The molecule has 3 heteroatoms. The Balaban J connectivity index is 2.51. The lowest BCUT2D eigenvalue weighted by Crippen LogP contribution is -2.06. The van der Waals surface area contributed by atoms with Gasteiger partial charge in [-0.2, -0.15) is 0 Å². The highest BCUT2D eigenvalue weighted by molar-refractivity contribution is 5.91. The normalized spacial score (nSPS) is 10.1. The molecular formula is C15H20O3. The van der Waals surface area contributed by atoms with Gasteiger partial charge in [0, 0.05) is 0 Å². The summed E-state index contributed by atoms with van der Waals surface area (Å²) in [4.78, 5) is 11.1. The third-order valence-corrected chi connectivity index (χ3v) is 2.74. The van der Waals surface area contributed by atoms with Gasteiger partial charge in [0.2, 0.25) is 0 Å². The molecule has 0 saturated carbocycles. The fourth-order valence-corrected chi connectivity index (χ4v) is 1.75. The van der Waals surface area contributed by atoms with Gasteiger partial charge in [-0.05, 0) is 44.2 Å². The summed E-state index contributed by atoms with van der Waals surface area (Å²) in [7, 11) is 0. The predicted molar refractivity (Wildman–Crippen MR) is 72.3 cm³/mol. The van der Waals surface area contributed by atoms with Crippen molar-refractivity contribution >= 4 is 5.97 Å². The molecule has 0 saturated heterocycles. The number of aryl methyl sites for hydroxylation is 1. The van der Waals surface area contributed by atoms with E-state index in [1.54, 1.807) is 12.1 Å². The second-order valence-corrected chi connectivity index (χ2v) is 4.24. The molecule has 0 atom stereocenters. The second-order valence-electron chi connectivity index (χ2n) is 4.24. The maximum absolute atomic E-state index is 11.1. The van der Waals surface area contributed by atoms with E-state index in [2.05, 4.69) is 6.58 Å². The second kappa shape index (κ2) is 7.54. The SMILES string of the molecule is C=CCCCCCOc1c(C)cccc1C(=O)O. The van der Waals surface area contributed by atoms with Gasteiger partial charge in [0.25, 0.3) is 0 Å². The van der Waals surface area contributed by atoms with Gasteiger partial charge in [0.15, 0.2) is 0 Å². The van der Waals surface area contributed by atoms with Crippen LogP contribution in [0.3, 0.4) is 0 Å². The number of aromatic carboxylic acids is 1. The van der Waals surface area contributed by atoms with Crippen LogP contribution in [0.25, 0.3) is 0 Å². The first-order valence-electron chi connectivity index (χ1n) is 6.23. The van der Waals surface area contributed by atoms with Crippen molar-refractivity contribution in [1.29, 1.82) is 0 Å². The Hall–Kier alpha value is -1.77. The summed E-state index contributed by atoms with van der Waals surface area (Å²) in [5, 5.41) is 9.07. The molecule has 0 aliphatic carbocycles. The molecule has 0 amide bonds. The summed E-state index contributed by atoms with van der Waals surface area (Å²) in [6.07, 6.45) is 6.03. The van der Waals surface area contributed by atoms with Crippen molar-refractivity contribution in [3.8, 4) is 5.75 Å². The van der Waals surface area contributed by atoms with Crippen LogP contribution in [0.15, 0.2) is 30.9 Å². The van der Waals surface area contributed by atoms with Crippen molar-refractivity contribution in [3.05, 3.63) is 42.0 Å². The molecule has 1 rings (SSSR count). The van der Waals surface area contributed by atoms with E-state index < -0.39 is 5.97 Å². The number of carbonyl (C=O) groups is 1. The van der Waals surface area contributed by atoms with Crippen LogP contribution in [0.5, 0.6) is 5.75 Å². The minimum absolute atomic E-state index is 0.237. The zero-order chi connectivity index (χ0) is 13.4. The first kappa shape index (κ1) is 14.3. The largest absolute Gasteiger partial charge is 0.492 e. The molecule has 0 radical (unpaired) electrons. The van der Waals surface area contributed by atoms with Gasteiger partial charge in [0.1, 0.15) is 11.3 Å². The average molecular weight is 248 g/mol. The van der Waals surface area contributed by atoms with Crippen LogP contribution in [0, 0.1) is 6.92 Å². The number of benzene rings is 1. The minimum atomic E-state index is -0.944. The molecule has 0 aliphatic rings. The van der Waals surface area contributed by atoms with Crippen molar-refractivity contribution in [3.63, 3.8) is 0 Å². The van der Waals surface area contributed by atoms with Gasteiger partial charge in [-0.25, -0.2) is 4.79 Å². The summed E-state index contributed by atoms with van der Waals surface area (Å²) >= 11 is 0. The smallest absolute Gasteiger partial charge is 0.339 e. The lowest BCUT2D eigenvalue weighted by atomic mass is 10.1. The number of rotatable bonds is 8. The highest BCUT2D eigenvalue weighted by atomic mass is 16.5. The number of ether oxygens (including phenoxy) is 1. The number of unbranched alkanes of at least 4 members (excludes halogenated alkanes) is 3. The van der Waals surface area contributed by atoms with Crippen LogP contribution >= 0.6 is 0 Å². The number of carboxylic acid groups (broad SMARTS) is 1. The number of allylic oxidation sites excluding steroid dienone is 1. The molecule has 3 nitrogen and oxygen atoms in total. The van der Waals surface area contributed by atoms with E-state index in [0.29, 0.717) is 12.4 Å². The van der Waals surface area contributed by atoms with Crippen LogP contribution in [0.2, 0.25) is 0 Å². The minimum Gasteiger partial charge on any atom is -0.492 e. The van der Waals surface area contributed by atoms with Crippen molar-refractivity contribution in [1.82, 2.24) is 0 Å². The van der Waals surface area contributed by atoms with E-state index in [0.717, 1.165) is 31.2 Å². The zero-order valence-corrected chi connectivity index (χ0v) is 10.8. The molecule has 98 valence electrons. The molecule has 0 aromatic heterocycles. The Morgan fingerprint density at radius 1 is 1.39 bits per heavy atom. The Labute approximate surface area is 108 Å². The number of para-hydroxylation sites is 1.